The van der Waals surface area contributed by atoms with Crippen molar-refractivity contribution in [1.29, 1.82) is 0 Å². The number of aryl methyl sites for hydroxylation is 3. The molecule has 4 nitrogen and oxygen atoms in total. The van der Waals surface area contributed by atoms with Gasteiger partial charge >= 0.3 is 6.18 Å². The minimum Gasteiger partial charge on any atom is -0.489 e. The normalized spacial score (nSPS) is 11.6. The standard InChI is InChI=1S/C26H21F3O4/c1-15-4-6-18(7-5-15)14-31-19-8-9-21-22(13-19)33-25(26(27,28)29)24(23(21)30)32-20-11-16(2)10-17(3)12-20/h4-13H,14H2,1-3H3. The van der Waals surface area contributed by atoms with Gasteiger partial charge in [-0.15, -0.1) is 0 Å². The van der Waals surface area contributed by atoms with Crippen LogP contribution in [0.2, 0.25) is 0 Å². The third-order valence-corrected chi connectivity index (χ3v) is 5.02. The predicted molar refractivity (Wildman–Crippen MR) is 119 cm³/mol. The monoisotopic (exact) mass is 454 g/mol. The van der Waals surface area contributed by atoms with E-state index in [1.54, 1.807) is 26.0 Å². The fraction of sp³-hybridized carbons (Fsp3) is 0.192. The average Bonchev–Trinajstić information content (AvgIpc) is 2.73. The van der Waals surface area contributed by atoms with E-state index in [9.17, 15) is 18.0 Å². The van der Waals surface area contributed by atoms with Gasteiger partial charge in [0.15, 0.2) is 0 Å². The van der Waals surface area contributed by atoms with E-state index in [0.29, 0.717) is 0 Å². The summed E-state index contributed by atoms with van der Waals surface area (Å²) in [7, 11) is 0. The molecular formula is C26H21F3O4. The highest BCUT2D eigenvalue weighted by Gasteiger charge is 2.40. The summed E-state index contributed by atoms with van der Waals surface area (Å²) in [5, 5.41) is -0.0370. The lowest BCUT2D eigenvalue weighted by Gasteiger charge is -2.14. The van der Waals surface area contributed by atoms with Crippen molar-refractivity contribution in [3.63, 3.8) is 0 Å². The first-order valence-electron chi connectivity index (χ1n) is 10.2. The van der Waals surface area contributed by atoms with Crippen molar-refractivity contribution < 1.29 is 27.1 Å². The Morgan fingerprint density at radius 2 is 1.48 bits per heavy atom. The number of ether oxygens (including phenoxy) is 2. The fourth-order valence-electron chi connectivity index (χ4n) is 3.49. The van der Waals surface area contributed by atoms with Gasteiger partial charge in [0.2, 0.25) is 11.2 Å². The van der Waals surface area contributed by atoms with Gasteiger partial charge in [0.25, 0.3) is 5.76 Å². The maximum Gasteiger partial charge on any atom is 0.453 e. The van der Waals surface area contributed by atoms with E-state index in [0.717, 1.165) is 22.3 Å². The van der Waals surface area contributed by atoms with Crippen molar-refractivity contribution in [2.75, 3.05) is 0 Å². The van der Waals surface area contributed by atoms with Gasteiger partial charge in [0.1, 0.15) is 23.7 Å². The zero-order chi connectivity index (χ0) is 23.8. The largest absolute Gasteiger partial charge is 0.489 e. The van der Waals surface area contributed by atoms with Gasteiger partial charge in [-0.2, -0.15) is 13.2 Å². The molecule has 0 atom stereocenters. The second-order valence-corrected chi connectivity index (χ2v) is 7.94. The number of halogens is 3. The van der Waals surface area contributed by atoms with Gasteiger partial charge in [-0.3, -0.25) is 4.79 Å². The summed E-state index contributed by atoms with van der Waals surface area (Å²) in [6, 6.07) is 16.8. The first kappa shape index (κ1) is 22.5. The number of rotatable bonds is 5. The Morgan fingerprint density at radius 1 is 0.818 bits per heavy atom. The molecule has 3 aromatic carbocycles. The number of hydrogen-bond acceptors (Lipinski definition) is 4. The predicted octanol–water partition coefficient (Wildman–Crippen LogP) is 7.11. The molecule has 0 saturated carbocycles. The Balaban J connectivity index is 1.73. The summed E-state index contributed by atoms with van der Waals surface area (Å²) in [6.07, 6.45) is -4.93. The van der Waals surface area contributed by atoms with Crippen LogP contribution in [0.1, 0.15) is 28.0 Å². The SMILES string of the molecule is Cc1ccc(COc2ccc3c(=O)c(Oc4cc(C)cc(C)c4)c(C(F)(F)F)oc3c2)cc1. The Bertz CT molecular complexity index is 1350. The van der Waals surface area contributed by atoms with Crippen molar-refractivity contribution in [3.05, 3.63) is 98.9 Å². The third kappa shape index (κ3) is 5.03. The number of benzene rings is 3. The summed E-state index contributed by atoms with van der Waals surface area (Å²) < 4.78 is 57.6. The molecule has 33 heavy (non-hydrogen) atoms. The van der Waals surface area contributed by atoms with Gasteiger partial charge in [-0.1, -0.05) is 35.9 Å². The Morgan fingerprint density at radius 3 is 2.12 bits per heavy atom. The second-order valence-electron chi connectivity index (χ2n) is 7.94. The quantitative estimate of drug-likeness (QED) is 0.322. The third-order valence-electron chi connectivity index (χ3n) is 5.02. The van der Waals surface area contributed by atoms with Gasteiger partial charge in [-0.05, 0) is 61.7 Å². The molecule has 4 rings (SSSR count). The molecule has 1 aromatic heterocycles. The van der Waals surface area contributed by atoms with Crippen LogP contribution < -0.4 is 14.9 Å². The lowest BCUT2D eigenvalue weighted by molar-refractivity contribution is -0.154. The molecule has 0 aliphatic rings. The van der Waals surface area contributed by atoms with Crippen LogP contribution in [0, 0.1) is 20.8 Å². The van der Waals surface area contributed by atoms with Crippen molar-refractivity contribution in [1.82, 2.24) is 0 Å². The lowest BCUT2D eigenvalue weighted by atomic mass is 10.1. The van der Waals surface area contributed by atoms with E-state index in [2.05, 4.69) is 0 Å². The van der Waals surface area contributed by atoms with Crippen molar-refractivity contribution >= 4 is 11.0 Å². The smallest absolute Gasteiger partial charge is 0.453 e. The minimum absolute atomic E-state index is 0.0370. The van der Waals surface area contributed by atoms with Gasteiger partial charge in [0, 0.05) is 6.07 Å². The van der Waals surface area contributed by atoms with Crippen LogP contribution in [-0.4, -0.2) is 0 Å². The fourth-order valence-corrected chi connectivity index (χ4v) is 3.49. The van der Waals surface area contributed by atoms with Crippen LogP contribution in [-0.2, 0) is 12.8 Å². The van der Waals surface area contributed by atoms with Crippen molar-refractivity contribution in [3.8, 4) is 17.2 Å². The van der Waals surface area contributed by atoms with E-state index in [-0.39, 0.29) is 29.1 Å². The van der Waals surface area contributed by atoms with Gasteiger partial charge in [-0.25, -0.2) is 0 Å². The maximum absolute atomic E-state index is 13.8. The molecule has 0 aliphatic heterocycles. The van der Waals surface area contributed by atoms with E-state index in [4.69, 9.17) is 13.9 Å². The van der Waals surface area contributed by atoms with E-state index in [1.165, 1.54) is 18.2 Å². The summed E-state index contributed by atoms with van der Waals surface area (Å²) in [5.41, 5.74) is 2.44. The molecule has 0 N–H and O–H groups in total. The summed E-state index contributed by atoms with van der Waals surface area (Å²) in [5.74, 6) is -1.98. The second kappa shape index (κ2) is 8.65. The van der Waals surface area contributed by atoms with Gasteiger partial charge < -0.3 is 13.9 Å². The molecule has 0 amide bonds. The van der Waals surface area contributed by atoms with Crippen LogP contribution in [0.5, 0.6) is 17.2 Å². The molecule has 170 valence electrons. The number of fused-ring (bicyclic) bond motifs is 1. The first-order chi connectivity index (χ1) is 15.6. The molecule has 7 heteroatoms. The number of hydrogen-bond donors (Lipinski definition) is 0. The molecule has 4 aromatic rings. The Kier molecular flexibility index (Phi) is 5.89. The lowest BCUT2D eigenvalue weighted by Crippen LogP contribution is -2.15. The molecule has 0 unspecified atom stereocenters. The van der Waals surface area contributed by atoms with Crippen molar-refractivity contribution in [2.45, 2.75) is 33.6 Å². The van der Waals surface area contributed by atoms with Crippen LogP contribution in [0.4, 0.5) is 13.2 Å². The van der Waals surface area contributed by atoms with Crippen LogP contribution >= 0.6 is 0 Å². The summed E-state index contributed by atoms with van der Waals surface area (Å²) >= 11 is 0. The summed E-state index contributed by atoms with van der Waals surface area (Å²) in [4.78, 5) is 13.0. The zero-order valence-electron chi connectivity index (χ0n) is 18.2. The molecule has 1 heterocycles. The highest BCUT2D eigenvalue weighted by molar-refractivity contribution is 5.79. The van der Waals surface area contributed by atoms with E-state index < -0.39 is 23.1 Å². The maximum atomic E-state index is 13.8. The highest BCUT2D eigenvalue weighted by atomic mass is 19.4. The molecule has 0 aliphatic carbocycles. The zero-order valence-corrected chi connectivity index (χ0v) is 18.2. The molecular weight excluding hydrogens is 433 g/mol. The molecule has 0 saturated heterocycles. The van der Waals surface area contributed by atoms with Crippen molar-refractivity contribution in [2.24, 2.45) is 0 Å². The van der Waals surface area contributed by atoms with Crippen LogP contribution in [0.15, 0.2) is 69.9 Å². The minimum atomic E-state index is -4.93. The van der Waals surface area contributed by atoms with Gasteiger partial charge in [0.05, 0.1) is 5.39 Å². The average molecular weight is 454 g/mol. The molecule has 0 spiro atoms. The topological polar surface area (TPSA) is 48.7 Å². The molecule has 0 radical (unpaired) electrons. The van der Waals surface area contributed by atoms with E-state index >= 15 is 0 Å². The summed E-state index contributed by atoms with van der Waals surface area (Å²) in [6.45, 7) is 5.75. The highest BCUT2D eigenvalue weighted by Crippen LogP contribution is 2.39. The van der Waals surface area contributed by atoms with Crippen LogP contribution in [0.25, 0.3) is 11.0 Å². The van der Waals surface area contributed by atoms with E-state index in [1.807, 2.05) is 37.3 Å². The molecule has 0 bridgehead atoms. The first-order valence-corrected chi connectivity index (χ1v) is 10.2. The Hall–Kier alpha value is -3.74. The van der Waals surface area contributed by atoms with Crippen LogP contribution in [0.3, 0.4) is 0 Å². The molecule has 0 fully saturated rings. The Labute approximate surface area is 188 Å². The number of alkyl halides is 3.